The summed E-state index contributed by atoms with van der Waals surface area (Å²) < 4.78 is 16.2. The lowest BCUT2D eigenvalue weighted by Gasteiger charge is -2.39. The largest absolute Gasteiger partial charge is 0.465 e. The molecule has 3 rings (SSSR count). The average molecular weight is 352 g/mol. The number of hydrogen-bond donors (Lipinski definition) is 1. The van der Waals surface area contributed by atoms with Gasteiger partial charge in [-0.05, 0) is 31.2 Å². The summed E-state index contributed by atoms with van der Waals surface area (Å²) in [7, 11) is 0. The maximum absolute atomic E-state index is 12.8. The number of morpholine rings is 1. The molecule has 1 amide bonds. The van der Waals surface area contributed by atoms with Crippen molar-refractivity contribution < 1.29 is 23.8 Å². The van der Waals surface area contributed by atoms with Crippen LogP contribution < -0.4 is 4.74 Å². The van der Waals surface area contributed by atoms with E-state index < -0.39 is 0 Å². The Labute approximate surface area is 148 Å². The lowest BCUT2D eigenvalue weighted by Crippen LogP contribution is -2.49. The predicted molar refractivity (Wildman–Crippen MR) is 91.7 cm³/mol. The highest BCUT2D eigenvalue weighted by atomic mass is 16.6. The van der Waals surface area contributed by atoms with Gasteiger partial charge in [0.2, 0.25) is 0 Å². The molecule has 3 heterocycles. The summed E-state index contributed by atoms with van der Waals surface area (Å²) in [4.78, 5) is 17.0. The lowest BCUT2D eigenvalue weighted by atomic mass is 9.89. The number of carbonyl (C=O) groups excluding carboxylic acids is 1. The average Bonchev–Trinajstić information content (AvgIpc) is 3.10. The van der Waals surface area contributed by atoms with Gasteiger partial charge in [-0.1, -0.05) is 0 Å². The zero-order valence-corrected chi connectivity index (χ0v) is 14.9. The first-order valence-electron chi connectivity index (χ1n) is 9.12. The van der Waals surface area contributed by atoms with Crippen molar-refractivity contribution >= 4 is 5.91 Å². The molecule has 0 bridgehead atoms. The second-order valence-electron chi connectivity index (χ2n) is 6.83. The molecule has 0 saturated carbocycles. The molecule has 2 saturated heterocycles. The molecule has 2 fully saturated rings. The van der Waals surface area contributed by atoms with E-state index in [0.29, 0.717) is 37.3 Å². The predicted octanol–water partition coefficient (Wildman–Crippen LogP) is 1.08. The van der Waals surface area contributed by atoms with Crippen LogP contribution in [-0.4, -0.2) is 80.0 Å². The van der Waals surface area contributed by atoms with Crippen LogP contribution in [0.2, 0.25) is 0 Å². The Hall–Kier alpha value is -1.57. The first kappa shape index (κ1) is 18.2. The second kappa shape index (κ2) is 8.69. The minimum Gasteiger partial charge on any atom is -0.465 e. The number of hydrogen-bond acceptors (Lipinski definition) is 6. The molecule has 1 aromatic heterocycles. The van der Waals surface area contributed by atoms with Gasteiger partial charge in [-0.15, -0.1) is 0 Å². The summed E-state index contributed by atoms with van der Waals surface area (Å²) in [6, 6.07) is 3.34. The minimum absolute atomic E-state index is 0.103. The van der Waals surface area contributed by atoms with Gasteiger partial charge in [0.15, 0.2) is 5.76 Å². The first-order valence-corrected chi connectivity index (χ1v) is 9.12. The first-order chi connectivity index (χ1) is 12.2. The SMILES string of the molecule is CCOc1ccc(C(=O)N2CC(CO)CC(CN3CCOCC3)C2)o1. The molecular formula is C18H28N2O5. The van der Waals surface area contributed by atoms with Crippen LogP contribution in [0, 0.1) is 11.8 Å². The number of amides is 1. The minimum atomic E-state index is -0.129. The Balaban J connectivity index is 1.63. The number of nitrogens with zero attached hydrogens (tertiary/aromatic N) is 2. The van der Waals surface area contributed by atoms with Gasteiger partial charge in [-0.3, -0.25) is 9.69 Å². The van der Waals surface area contributed by atoms with Gasteiger partial charge < -0.3 is 23.9 Å². The summed E-state index contributed by atoms with van der Waals surface area (Å²) >= 11 is 0. The molecule has 0 aliphatic carbocycles. The molecular weight excluding hydrogens is 324 g/mol. The Morgan fingerprint density at radius 1 is 1.28 bits per heavy atom. The van der Waals surface area contributed by atoms with E-state index in [1.807, 2.05) is 11.8 Å². The standard InChI is InChI=1S/C18H28N2O5/c1-2-24-17-4-3-16(25-17)18(22)20-11-14(9-15(12-20)13-21)10-19-5-7-23-8-6-19/h3-4,14-15,21H,2,5-13H2,1H3. The van der Waals surface area contributed by atoms with Gasteiger partial charge in [0.05, 0.1) is 19.8 Å². The number of rotatable bonds is 6. The molecule has 2 unspecified atom stereocenters. The fourth-order valence-electron chi connectivity index (χ4n) is 3.71. The molecule has 2 atom stereocenters. The van der Waals surface area contributed by atoms with Crippen molar-refractivity contribution in [3.63, 3.8) is 0 Å². The Morgan fingerprint density at radius 3 is 2.76 bits per heavy atom. The van der Waals surface area contributed by atoms with E-state index >= 15 is 0 Å². The van der Waals surface area contributed by atoms with E-state index in [9.17, 15) is 9.90 Å². The van der Waals surface area contributed by atoms with Crippen molar-refractivity contribution in [2.45, 2.75) is 13.3 Å². The van der Waals surface area contributed by atoms with E-state index in [0.717, 1.165) is 39.3 Å². The third kappa shape index (κ3) is 4.74. The third-order valence-electron chi connectivity index (χ3n) is 4.87. The van der Waals surface area contributed by atoms with E-state index in [-0.39, 0.29) is 18.4 Å². The quantitative estimate of drug-likeness (QED) is 0.826. The summed E-state index contributed by atoms with van der Waals surface area (Å²) in [6.45, 7) is 8.08. The topological polar surface area (TPSA) is 75.4 Å². The van der Waals surface area contributed by atoms with Gasteiger partial charge >= 0.3 is 0 Å². The van der Waals surface area contributed by atoms with Gasteiger partial charge in [0, 0.05) is 45.4 Å². The molecule has 25 heavy (non-hydrogen) atoms. The monoisotopic (exact) mass is 352 g/mol. The molecule has 2 aliphatic heterocycles. The molecule has 0 aromatic carbocycles. The molecule has 7 nitrogen and oxygen atoms in total. The van der Waals surface area contributed by atoms with Crippen molar-refractivity contribution in [1.82, 2.24) is 9.80 Å². The Bertz CT molecular complexity index is 555. The Morgan fingerprint density at radius 2 is 2.04 bits per heavy atom. The zero-order chi connectivity index (χ0) is 17.6. The molecule has 0 spiro atoms. The molecule has 0 radical (unpaired) electrons. The van der Waals surface area contributed by atoms with Gasteiger partial charge in [-0.2, -0.15) is 0 Å². The fourth-order valence-corrected chi connectivity index (χ4v) is 3.71. The van der Waals surface area contributed by atoms with Crippen LogP contribution in [0.5, 0.6) is 5.95 Å². The Kier molecular flexibility index (Phi) is 6.34. The summed E-state index contributed by atoms with van der Waals surface area (Å²) in [5.41, 5.74) is 0. The van der Waals surface area contributed by atoms with Crippen LogP contribution in [-0.2, 0) is 4.74 Å². The van der Waals surface area contributed by atoms with Gasteiger partial charge in [-0.25, -0.2) is 0 Å². The third-order valence-corrected chi connectivity index (χ3v) is 4.87. The van der Waals surface area contributed by atoms with Crippen molar-refractivity contribution in [3.05, 3.63) is 17.9 Å². The van der Waals surface area contributed by atoms with Crippen LogP contribution in [0.25, 0.3) is 0 Å². The number of carbonyl (C=O) groups is 1. The fraction of sp³-hybridized carbons (Fsp3) is 0.722. The van der Waals surface area contributed by atoms with E-state index in [1.54, 1.807) is 12.1 Å². The summed E-state index contributed by atoms with van der Waals surface area (Å²) in [5.74, 6) is 1.01. The van der Waals surface area contributed by atoms with E-state index in [1.165, 1.54) is 0 Å². The highest BCUT2D eigenvalue weighted by Crippen LogP contribution is 2.26. The highest BCUT2D eigenvalue weighted by molar-refractivity contribution is 5.91. The number of piperidine rings is 1. The van der Waals surface area contributed by atoms with Crippen molar-refractivity contribution in [3.8, 4) is 5.95 Å². The van der Waals surface area contributed by atoms with Crippen LogP contribution in [0.3, 0.4) is 0 Å². The number of aliphatic hydroxyl groups is 1. The lowest BCUT2D eigenvalue weighted by molar-refractivity contribution is 0.0123. The van der Waals surface area contributed by atoms with Crippen LogP contribution in [0.4, 0.5) is 0 Å². The van der Waals surface area contributed by atoms with Crippen molar-refractivity contribution in [2.24, 2.45) is 11.8 Å². The summed E-state index contributed by atoms with van der Waals surface area (Å²) in [6.07, 6.45) is 0.944. The zero-order valence-electron chi connectivity index (χ0n) is 14.9. The maximum Gasteiger partial charge on any atom is 0.289 e. The summed E-state index contributed by atoms with van der Waals surface area (Å²) in [5, 5.41) is 9.64. The number of ether oxygens (including phenoxy) is 2. The normalized spacial score (nSPS) is 25.1. The molecule has 140 valence electrons. The van der Waals surface area contributed by atoms with Crippen LogP contribution in [0.1, 0.15) is 23.9 Å². The van der Waals surface area contributed by atoms with E-state index in [2.05, 4.69) is 4.90 Å². The van der Waals surface area contributed by atoms with Gasteiger partial charge in [0.1, 0.15) is 0 Å². The molecule has 2 aliphatic rings. The second-order valence-corrected chi connectivity index (χ2v) is 6.83. The van der Waals surface area contributed by atoms with Crippen LogP contribution in [0.15, 0.2) is 16.5 Å². The number of furan rings is 1. The molecule has 1 aromatic rings. The molecule has 1 N–H and O–H groups in total. The smallest absolute Gasteiger partial charge is 0.289 e. The van der Waals surface area contributed by atoms with Crippen molar-refractivity contribution in [2.75, 3.05) is 59.2 Å². The molecule has 7 heteroatoms. The van der Waals surface area contributed by atoms with Crippen LogP contribution >= 0.6 is 0 Å². The van der Waals surface area contributed by atoms with E-state index in [4.69, 9.17) is 13.9 Å². The van der Waals surface area contributed by atoms with Crippen molar-refractivity contribution in [1.29, 1.82) is 0 Å². The highest BCUT2D eigenvalue weighted by Gasteiger charge is 2.32. The van der Waals surface area contributed by atoms with Gasteiger partial charge in [0.25, 0.3) is 11.9 Å². The number of aliphatic hydroxyl groups excluding tert-OH is 1. The number of likely N-dealkylation sites (tertiary alicyclic amines) is 1. The maximum atomic E-state index is 12.8.